The van der Waals surface area contributed by atoms with Gasteiger partial charge in [-0.15, -0.1) is 0 Å². The molecule has 4 nitrogen and oxygen atoms in total. The minimum absolute atomic E-state index is 0. The lowest BCUT2D eigenvalue weighted by Crippen LogP contribution is -3.00. The van der Waals surface area contributed by atoms with Crippen molar-refractivity contribution in [3.8, 4) is 0 Å². The van der Waals surface area contributed by atoms with Gasteiger partial charge in [-0.3, -0.25) is 4.79 Å². The molecule has 1 saturated carbocycles. The molecular weight excluding hydrogens is 522 g/mol. The summed E-state index contributed by atoms with van der Waals surface area (Å²) in [5.74, 6) is 1.15. The van der Waals surface area contributed by atoms with Crippen molar-refractivity contribution in [2.45, 2.75) is 57.0 Å². The minimum atomic E-state index is -0.829. The maximum atomic E-state index is 13.4. The molecule has 1 amide bonds. The summed E-state index contributed by atoms with van der Waals surface area (Å²) >= 11 is 0. The van der Waals surface area contributed by atoms with Crippen LogP contribution in [0.5, 0.6) is 0 Å². The van der Waals surface area contributed by atoms with Crippen LogP contribution in [0.1, 0.15) is 54.2 Å². The van der Waals surface area contributed by atoms with Gasteiger partial charge in [-0.2, -0.15) is 0 Å². The molecule has 5 heteroatoms. The van der Waals surface area contributed by atoms with Crippen molar-refractivity contribution in [3.63, 3.8) is 0 Å². The van der Waals surface area contributed by atoms with E-state index < -0.39 is 5.41 Å². The first-order valence-corrected chi connectivity index (χ1v) is 13.1. The van der Waals surface area contributed by atoms with Gasteiger partial charge in [0.2, 0.25) is 5.91 Å². The summed E-state index contributed by atoms with van der Waals surface area (Å²) in [7, 11) is 0. The molecule has 0 bridgehead atoms. The molecule has 1 aliphatic rings. The van der Waals surface area contributed by atoms with Crippen molar-refractivity contribution < 1.29 is 26.3 Å². The Balaban J connectivity index is 0.00000320. The lowest BCUT2D eigenvalue weighted by Gasteiger charge is -2.37. The van der Waals surface area contributed by atoms with Crippen LogP contribution in [0.25, 0.3) is 0 Å². The topological polar surface area (TPSA) is 51.9 Å². The molecule has 0 saturated heterocycles. The third kappa shape index (κ3) is 5.28. The number of aromatic nitrogens is 2. The van der Waals surface area contributed by atoms with Gasteiger partial charge in [-0.1, -0.05) is 91.0 Å². The predicted molar refractivity (Wildman–Crippen MR) is 143 cm³/mol. The first kappa shape index (κ1) is 26.9. The number of imidazole rings is 1. The molecule has 37 heavy (non-hydrogen) atoms. The number of hydrogen-bond donors (Lipinski definition) is 1. The van der Waals surface area contributed by atoms with Crippen LogP contribution >= 0.6 is 0 Å². The van der Waals surface area contributed by atoms with Crippen molar-refractivity contribution in [3.05, 3.63) is 126 Å². The van der Waals surface area contributed by atoms with E-state index in [1.807, 2.05) is 36.4 Å². The Labute approximate surface area is 230 Å². The quantitative estimate of drug-likeness (QED) is 0.316. The van der Waals surface area contributed by atoms with Crippen molar-refractivity contribution in [2.75, 3.05) is 0 Å². The third-order valence-corrected chi connectivity index (χ3v) is 8.16. The molecule has 0 spiro atoms. The summed E-state index contributed by atoms with van der Waals surface area (Å²) in [6.07, 6.45) is 9.55. The van der Waals surface area contributed by atoms with Gasteiger partial charge in [0, 0.05) is 6.92 Å². The number of nitrogens with zero attached hydrogens (tertiary/aromatic N) is 2. The van der Waals surface area contributed by atoms with Crippen molar-refractivity contribution in [2.24, 2.45) is 11.7 Å². The summed E-state index contributed by atoms with van der Waals surface area (Å²) in [6.45, 7) is 3.22. The fourth-order valence-electron chi connectivity index (χ4n) is 6.37. The van der Waals surface area contributed by atoms with Crippen LogP contribution in [0.3, 0.4) is 0 Å². The Morgan fingerprint density at radius 3 is 2.05 bits per heavy atom. The maximum Gasteiger partial charge on any atom is 0.253 e. The smallest absolute Gasteiger partial charge is 0.253 e. The van der Waals surface area contributed by atoms with Crippen LogP contribution in [0.4, 0.5) is 0 Å². The van der Waals surface area contributed by atoms with Crippen LogP contribution in [-0.2, 0) is 23.2 Å². The summed E-state index contributed by atoms with van der Waals surface area (Å²) in [5.41, 5.74) is 8.83. The summed E-state index contributed by atoms with van der Waals surface area (Å²) in [6, 6.07) is 31.3. The normalized spacial score (nSPS) is 17.3. The van der Waals surface area contributed by atoms with E-state index in [2.05, 4.69) is 83.0 Å². The molecule has 0 unspecified atom stereocenters. The number of amides is 1. The predicted octanol–water partition coefficient (Wildman–Crippen LogP) is 2.53. The summed E-state index contributed by atoms with van der Waals surface area (Å²) in [5, 5.41) is 0. The van der Waals surface area contributed by atoms with Crippen LogP contribution < -0.4 is 27.3 Å². The number of hydrogen-bond acceptors (Lipinski definition) is 1. The largest absolute Gasteiger partial charge is 1.00 e. The second kappa shape index (κ2) is 11.9. The van der Waals surface area contributed by atoms with Crippen LogP contribution in [0.2, 0.25) is 0 Å². The second-order valence-corrected chi connectivity index (χ2v) is 10.1. The molecule has 0 radical (unpaired) electrons. The highest BCUT2D eigenvalue weighted by molar-refractivity contribution is 5.91. The van der Waals surface area contributed by atoms with Gasteiger partial charge in [-0.05, 0) is 54.7 Å². The molecule has 4 aromatic rings. The fraction of sp³-hybridized carbons (Fsp3) is 0.312. The number of rotatable bonds is 9. The number of aryl methyl sites for hydroxylation is 2. The zero-order valence-electron chi connectivity index (χ0n) is 21.5. The van der Waals surface area contributed by atoms with Gasteiger partial charge in [0.15, 0.2) is 0 Å². The summed E-state index contributed by atoms with van der Waals surface area (Å²) < 4.78 is 4.79. The fourth-order valence-corrected chi connectivity index (χ4v) is 6.37. The summed E-state index contributed by atoms with van der Waals surface area (Å²) in [4.78, 5) is 13.4. The molecule has 5 rings (SSSR count). The molecule has 0 aliphatic heterocycles. The number of primary amides is 1. The number of nitrogens with two attached hydrogens (primary N) is 1. The van der Waals surface area contributed by atoms with Gasteiger partial charge >= 0.3 is 0 Å². The van der Waals surface area contributed by atoms with Crippen molar-refractivity contribution >= 4 is 5.91 Å². The monoisotopic (exact) mass is 557 g/mol. The highest BCUT2D eigenvalue weighted by atomic mass is 79.9. The average Bonchev–Trinajstić information content (AvgIpc) is 3.53. The first-order chi connectivity index (χ1) is 17.6. The van der Waals surface area contributed by atoms with E-state index in [4.69, 9.17) is 5.73 Å². The van der Waals surface area contributed by atoms with E-state index in [1.165, 1.54) is 11.4 Å². The van der Waals surface area contributed by atoms with E-state index in [0.717, 1.165) is 49.8 Å². The van der Waals surface area contributed by atoms with E-state index in [1.54, 1.807) is 0 Å². The van der Waals surface area contributed by atoms with Gasteiger partial charge in [0.25, 0.3) is 5.82 Å². The molecule has 3 aromatic carbocycles. The molecule has 1 aliphatic carbocycles. The zero-order chi connectivity index (χ0) is 25.0. The van der Waals surface area contributed by atoms with Gasteiger partial charge in [-0.25, -0.2) is 9.13 Å². The Morgan fingerprint density at radius 2 is 1.49 bits per heavy atom. The number of halogens is 1. The first-order valence-electron chi connectivity index (χ1n) is 13.1. The Morgan fingerprint density at radius 1 is 0.919 bits per heavy atom. The zero-order valence-corrected chi connectivity index (χ0v) is 23.1. The van der Waals surface area contributed by atoms with Crippen molar-refractivity contribution in [1.82, 2.24) is 4.57 Å². The van der Waals surface area contributed by atoms with Gasteiger partial charge in [0.05, 0.1) is 6.54 Å². The van der Waals surface area contributed by atoms with Gasteiger partial charge < -0.3 is 22.7 Å². The van der Waals surface area contributed by atoms with Crippen LogP contribution in [0, 0.1) is 12.8 Å². The Bertz CT molecular complexity index is 1250. The molecule has 2 atom stereocenters. The highest BCUT2D eigenvalue weighted by Crippen LogP contribution is 2.49. The number of carbonyl (C=O) groups excluding carboxylic acids is 1. The molecule has 1 fully saturated rings. The Hall–Kier alpha value is -3.18. The van der Waals surface area contributed by atoms with E-state index in [0.29, 0.717) is 6.04 Å². The van der Waals surface area contributed by atoms with E-state index in [9.17, 15) is 4.79 Å². The Kier molecular flexibility index (Phi) is 8.65. The SMILES string of the molecule is Cc1n([C@@H]2CC[C@@H](C(C(N)=O)(c3ccccc3)c3ccccc3)C2)cc[n+]1CCCc1ccccc1.[Br-]. The van der Waals surface area contributed by atoms with Crippen LogP contribution in [0.15, 0.2) is 103 Å². The standard InChI is InChI=1S/C32H35N3O.BrH/c1-25-34(21-11-14-26-12-5-2-6-13-26)22-23-35(25)30-20-19-29(24-30)32(31(33)36,27-15-7-3-8-16-27)28-17-9-4-10-18-28;/h2-10,12-13,15-18,22-23,29-30H,11,14,19-21,24H2,1H3,(H-,33,36);1H/t29-,30-;/m1./s1. The van der Waals surface area contributed by atoms with E-state index >= 15 is 0 Å². The van der Waals surface area contributed by atoms with E-state index in [-0.39, 0.29) is 28.8 Å². The van der Waals surface area contributed by atoms with Crippen LogP contribution in [-0.4, -0.2) is 10.5 Å². The second-order valence-electron chi connectivity index (χ2n) is 10.1. The third-order valence-electron chi connectivity index (χ3n) is 8.16. The molecule has 1 aromatic heterocycles. The highest BCUT2D eigenvalue weighted by Gasteiger charge is 2.51. The number of benzene rings is 3. The minimum Gasteiger partial charge on any atom is -1.00 e. The molecular formula is C32H36BrN3O. The molecule has 2 N–H and O–H groups in total. The molecule has 1 heterocycles. The maximum absolute atomic E-state index is 13.4. The average molecular weight is 559 g/mol. The lowest BCUT2D eigenvalue weighted by molar-refractivity contribution is -0.702. The lowest BCUT2D eigenvalue weighted by atomic mass is 9.64. The molecule has 192 valence electrons. The number of carbonyl (C=O) groups is 1. The van der Waals surface area contributed by atoms with Gasteiger partial charge in [0.1, 0.15) is 23.9 Å². The van der Waals surface area contributed by atoms with Crippen molar-refractivity contribution in [1.29, 1.82) is 0 Å².